The summed E-state index contributed by atoms with van der Waals surface area (Å²) in [7, 11) is 0. The average molecular weight is 326 g/mol. The Morgan fingerprint density at radius 1 is 1.56 bits per heavy atom. The van der Waals surface area contributed by atoms with Gasteiger partial charge in [-0.3, -0.25) is 0 Å². The molecule has 0 radical (unpaired) electrons. The van der Waals surface area contributed by atoms with E-state index in [9.17, 15) is 8.78 Å². The summed E-state index contributed by atoms with van der Waals surface area (Å²) >= 11 is 2.15. The van der Waals surface area contributed by atoms with Gasteiger partial charge < -0.3 is 15.0 Å². The van der Waals surface area contributed by atoms with Gasteiger partial charge in [-0.15, -0.1) is 0 Å². The molecule has 1 fully saturated rings. The van der Waals surface area contributed by atoms with Crippen LogP contribution in [0.2, 0.25) is 0 Å². The molecule has 0 saturated heterocycles. The Kier molecular flexibility index (Phi) is 3.70. The number of nitrogens with two attached hydrogens (primary N) is 1. The van der Waals surface area contributed by atoms with Gasteiger partial charge in [-0.25, -0.2) is 0 Å². The first-order valence-corrected chi connectivity index (χ1v) is 6.40. The standard InChI is InChI=1S/C10H14BrF2N3O2/c1-9(14,5-17-6-3-2-4-6)7-15-8(18-16-7)10(11,12)13/h6H,2-5,14H2,1H3. The van der Waals surface area contributed by atoms with Crippen molar-refractivity contribution in [2.45, 2.75) is 42.7 Å². The molecular formula is C10H14BrF2N3O2. The van der Waals surface area contributed by atoms with Gasteiger partial charge in [0, 0.05) is 15.9 Å². The summed E-state index contributed by atoms with van der Waals surface area (Å²) in [6.45, 7) is 1.79. The smallest absolute Gasteiger partial charge is 0.376 e. The van der Waals surface area contributed by atoms with Crippen molar-refractivity contribution in [3.05, 3.63) is 11.7 Å². The Balaban J connectivity index is 2.01. The zero-order chi connectivity index (χ0) is 13.4. The molecule has 1 saturated carbocycles. The third-order valence-corrected chi connectivity index (χ3v) is 3.19. The number of alkyl halides is 3. The summed E-state index contributed by atoms with van der Waals surface area (Å²) in [5, 5.41) is 3.48. The number of halogens is 3. The van der Waals surface area contributed by atoms with Gasteiger partial charge in [0.05, 0.1) is 12.7 Å². The second kappa shape index (κ2) is 4.82. The van der Waals surface area contributed by atoms with Crippen molar-refractivity contribution in [3.8, 4) is 0 Å². The molecule has 0 spiro atoms. The van der Waals surface area contributed by atoms with E-state index in [-0.39, 0.29) is 18.5 Å². The summed E-state index contributed by atoms with van der Waals surface area (Å²) in [4.78, 5) is 0.251. The Bertz CT molecular complexity index is 416. The molecule has 2 rings (SSSR count). The van der Waals surface area contributed by atoms with Gasteiger partial charge in [-0.2, -0.15) is 13.8 Å². The second-order valence-electron chi connectivity index (χ2n) is 4.70. The van der Waals surface area contributed by atoms with Crippen LogP contribution in [0.1, 0.15) is 37.9 Å². The number of aromatic nitrogens is 2. The zero-order valence-corrected chi connectivity index (χ0v) is 11.4. The molecule has 0 aliphatic heterocycles. The van der Waals surface area contributed by atoms with E-state index >= 15 is 0 Å². The number of rotatable bonds is 5. The average Bonchev–Trinajstić information content (AvgIpc) is 2.62. The van der Waals surface area contributed by atoms with E-state index in [2.05, 4.69) is 30.6 Å². The van der Waals surface area contributed by atoms with Crippen LogP contribution < -0.4 is 5.73 Å². The number of hydrogen-bond donors (Lipinski definition) is 1. The lowest BCUT2D eigenvalue weighted by molar-refractivity contribution is -0.0222. The van der Waals surface area contributed by atoms with E-state index in [0.29, 0.717) is 0 Å². The van der Waals surface area contributed by atoms with Crippen LogP contribution in [0, 0.1) is 0 Å². The molecule has 5 nitrogen and oxygen atoms in total. The molecule has 2 N–H and O–H groups in total. The van der Waals surface area contributed by atoms with Crippen molar-refractivity contribution < 1.29 is 18.0 Å². The van der Waals surface area contributed by atoms with Crippen LogP contribution in [-0.2, 0) is 15.1 Å². The molecular weight excluding hydrogens is 312 g/mol. The second-order valence-corrected chi connectivity index (χ2v) is 5.70. The Morgan fingerprint density at radius 3 is 2.67 bits per heavy atom. The van der Waals surface area contributed by atoms with E-state index in [4.69, 9.17) is 10.5 Å². The van der Waals surface area contributed by atoms with Crippen molar-refractivity contribution in [2.24, 2.45) is 5.73 Å². The maximum Gasteiger partial charge on any atom is 0.378 e. The van der Waals surface area contributed by atoms with E-state index in [1.807, 2.05) is 0 Å². The molecule has 102 valence electrons. The van der Waals surface area contributed by atoms with Crippen LogP contribution in [0.15, 0.2) is 4.52 Å². The first-order valence-electron chi connectivity index (χ1n) is 5.61. The van der Waals surface area contributed by atoms with E-state index in [1.54, 1.807) is 6.92 Å². The molecule has 1 unspecified atom stereocenters. The summed E-state index contributed by atoms with van der Waals surface area (Å²) < 4.78 is 35.8. The van der Waals surface area contributed by atoms with Gasteiger partial charge in [-0.05, 0) is 26.2 Å². The van der Waals surface area contributed by atoms with Crippen molar-refractivity contribution in [3.63, 3.8) is 0 Å². The van der Waals surface area contributed by atoms with Crippen LogP contribution in [-0.4, -0.2) is 22.9 Å². The van der Waals surface area contributed by atoms with Gasteiger partial charge in [0.25, 0.3) is 0 Å². The molecule has 1 aromatic rings. The number of hydrogen-bond acceptors (Lipinski definition) is 5. The van der Waals surface area contributed by atoms with Crippen molar-refractivity contribution in [2.75, 3.05) is 6.61 Å². The largest absolute Gasteiger partial charge is 0.378 e. The number of nitrogens with zero attached hydrogens (tertiary/aromatic N) is 2. The third-order valence-electron chi connectivity index (χ3n) is 2.85. The molecule has 0 aromatic carbocycles. The topological polar surface area (TPSA) is 74.2 Å². The van der Waals surface area contributed by atoms with Crippen LogP contribution >= 0.6 is 15.9 Å². The van der Waals surface area contributed by atoms with E-state index < -0.39 is 16.3 Å². The van der Waals surface area contributed by atoms with Crippen molar-refractivity contribution in [1.29, 1.82) is 0 Å². The molecule has 1 atom stereocenters. The fourth-order valence-electron chi connectivity index (χ4n) is 1.46. The first kappa shape index (κ1) is 13.8. The normalized spacial score (nSPS) is 20.5. The summed E-state index contributed by atoms with van der Waals surface area (Å²) in [5.41, 5.74) is 4.91. The lowest BCUT2D eigenvalue weighted by Gasteiger charge is -2.29. The lowest BCUT2D eigenvalue weighted by atomic mass is 9.95. The van der Waals surface area contributed by atoms with Gasteiger partial charge in [0.15, 0.2) is 5.82 Å². The van der Waals surface area contributed by atoms with E-state index in [1.165, 1.54) is 0 Å². The highest BCUT2D eigenvalue weighted by Gasteiger charge is 2.38. The lowest BCUT2D eigenvalue weighted by Crippen LogP contribution is -2.41. The molecule has 18 heavy (non-hydrogen) atoms. The minimum Gasteiger partial charge on any atom is -0.376 e. The van der Waals surface area contributed by atoms with Crippen LogP contribution in [0.5, 0.6) is 0 Å². The first-order chi connectivity index (χ1) is 8.29. The maximum absolute atomic E-state index is 12.9. The molecule has 0 amide bonds. The quantitative estimate of drug-likeness (QED) is 0.840. The monoisotopic (exact) mass is 325 g/mol. The zero-order valence-electron chi connectivity index (χ0n) is 9.83. The molecule has 1 aliphatic rings. The van der Waals surface area contributed by atoms with Gasteiger partial charge >= 0.3 is 10.7 Å². The molecule has 1 aromatic heterocycles. The van der Waals surface area contributed by atoms with Crippen LogP contribution in [0.4, 0.5) is 8.78 Å². The predicted octanol–water partition coefficient (Wildman–Crippen LogP) is 2.26. The molecule has 1 aliphatic carbocycles. The third kappa shape index (κ3) is 3.04. The summed E-state index contributed by atoms with van der Waals surface area (Å²) in [6.07, 6.45) is 3.37. The molecule has 0 bridgehead atoms. The van der Waals surface area contributed by atoms with Crippen molar-refractivity contribution >= 4 is 15.9 Å². The highest BCUT2D eigenvalue weighted by Crippen LogP contribution is 2.34. The van der Waals surface area contributed by atoms with Gasteiger partial charge in [0.2, 0.25) is 0 Å². The Hall–Kier alpha value is -0.600. The number of ether oxygens (including phenoxy) is 1. The summed E-state index contributed by atoms with van der Waals surface area (Å²) in [6, 6.07) is 0. The van der Waals surface area contributed by atoms with Crippen molar-refractivity contribution in [1.82, 2.24) is 10.1 Å². The minimum absolute atomic E-state index is 0.0101. The Morgan fingerprint density at radius 2 is 2.22 bits per heavy atom. The minimum atomic E-state index is -3.34. The Labute approximate surface area is 111 Å². The van der Waals surface area contributed by atoms with Gasteiger partial charge in [-0.1, -0.05) is 5.16 Å². The van der Waals surface area contributed by atoms with Crippen LogP contribution in [0.25, 0.3) is 0 Å². The fourth-order valence-corrected chi connectivity index (χ4v) is 1.62. The molecule has 1 heterocycles. The van der Waals surface area contributed by atoms with E-state index in [0.717, 1.165) is 19.3 Å². The highest BCUT2D eigenvalue weighted by atomic mass is 79.9. The van der Waals surface area contributed by atoms with Gasteiger partial charge in [0.1, 0.15) is 5.54 Å². The highest BCUT2D eigenvalue weighted by molar-refractivity contribution is 9.09. The maximum atomic E-state index is 12.9. The predicted molar refractivity (Wildman–Crippen MR) is 62.2 cm³/mol. The SMILES string of the molecule is CC(N)(COC1CCC1)c1noc(C(F)(F)Br)n1. The molecule has 8 heteroatoms. The summed E-state index contributed by atoms with van der Waals surface area (Å²) in [5.74, 6) is -0.797. The fraction of sp³-hybridized carbons (Fsp3) is 0.800. The van der Waals surface area contributed by atoms with Crippen LogP contribution in [0.3, 0.4) is 0 Å².